The van der Waals surface area contributed by atoms with E-state index in [1.807, 2.05) is 0 Å². The van der Waals surface area contributed by atoms with Crippen molar-refractivity contribution in [2.45, 2.75) is 44.2 Å². The Morgan fingerprint density at radius 2 is 2.07 bits per heavy atom. The second-order valence-corrected chi connectivity index (χ2v) is 4.88. The van der Waals surface area contributed by atoms with Gasteiger partial charge in [-0.05, 0) is 32.2 Å². The molecule has 0 bridgehead atoms. The molecular weight excluding hydrogens is 190 g/mol. The van der Waals surface area contributed by atoms with Gasteiger partial charge in [-0.15, -0.1) is 0 Å². The Kier molecular flexibility index (Phi) is 2.41. The van der Waals surface area contributed by atoms with Crippen LogP contribution in [0.5, 0.6) is 0 Å². The van der Waals surface area contributed by atoms with Crippen LogP contribution in [-0.4, -0.2) is 47.6 Å². The number of nitrogens with zero attached hydrogens (tertiary/aromatic N) is 2. The highest BCUT2D eigenvalue weighted by Gasteiger charge is 2.40. The molecule has 4 heteroatoms. The second-order valence-electron chi connectivity index (χ2n) is 4.88. The van der Waals surface area contributed by atoms with Crippen molar-refractivity contribution in [2.75, 3.05) is 19.6 Å². The van der Waals surface area contributed by atoms with Crippen molar-refractivity contribution in [3.63, 3.8) is 0 Å². The largest absolute Gasteiger partial charge is 0.315 e. The molecule has 3 aliphatic rings. The molecule has 15 heavy (non-hydrogen) atoms. The zero-order chi connectivity index (χ0) is 10.3. The summed E-state index contributed by atoms with van der Waals surface area (Å²) in [5.41, 5.74) is 0. The fourth-order valence-electron chi connectivity index (χ4n) is 2.87. The summed E-state index contributed by atoms with van der Waals surface area (Å²) in [4.78, 5) is 11.8. The van der Waals surface area contributed by atoms with Crippen LogP contribution < -0.4 is 5.32 Å². The zero-order valence-electron chi connectivity index (χ0n) is 9.11. The first-order valence-electron chi connectivity index (χ1n) is 6.15. The predicted octanol–water partition coefficient (Wildman–Crippen LogP) is 0.350. The van der Waals surface area contributed by atoms with E-state index in [0.29, 0.717) is 18.0 Å². The smallest absolute Gasteiger partial charge is 0.238 e. The molecule has 1 aliphatic carbocycles. The quantitative estimate of drug-likeness (QED) is 0.713. The lowest BCUT2D eigenvalue weighted by molar-refractivity contribution is -0.150. The highest BCUT2D eigenvalue weighted by molar-refractivity contribution is 5.78. The van der Waals surface area contributed by atoms with E-state index in [1.54, 1.807) is 0 Å². The van der Waals surface area contributed by atoms with Gasteiger partial charge in [0.1, 0.15) is 0 Å². The van der Waals surface area contributed by atoms with Crippen LogP contribution in [0.1, 0.15) is 32.1 Å². The fraction of sp³-hybridized carbons (Fsp3) is 0.909. The first-order valence-corrected chi connectivity index (χ1v) is 6.15. The minimum Gasteiger partial charge on any atom is -0.315 e. The average molecular weight is 209 g/mol. The maximum atomic E-state index is 11.8. The van der Waals surface area contributed by atoms with Crippen molar-refractivity contribution in [1.82, 2.24) is 15.3 Å². The lowest BCUT2D eigenvalue weighted by Crippen LogP contribution is -2.53. The van der Waals surface area contributed by atoms with Crippen LogP contribution in [-0.2, 0) is 4.79 Å². The van der Waals surface area contributed by atoms with E-state index in [-0.39, 0.29) is 0 Å². The number of hydrogen-bond acceptors (Lipinski definition) is 3. The lowest BCUT2D eigenvalue weighted by atomic mass is 9.92. The van der Waals surface area contributed by atoms with Gasteiger partial charge < -0.3 is 5.32 Å². The minimum absolute atomic E-state index is 0.353. The van der Waals surface area contributed by atoms with Crippen LogP contribution in [0.3, 0.4) is 0 Å². The zero-order valence-corrected chi connectivity index (χ0v) is 9.11. The molecule has 1 unspecified atom stereocenters. The summed E-state index contributed by atoms with van der Waals surface area (Å²) in [7, 11) is 0. The molecule has 1 saturated carbocycles. The Balaban J connectivity index is 1.72. The van der Waals surface area contributed by atoms with Crippen molar-refractivity contribution >= 4 is 5.91 Å². The van der Waals surface area contributed by atoms with Crippen LogP contribution in [0.25, 0.3) is 0 Å². The number of hydrazine groups is 1. The SMILES string of the molecule is O=C1CCN(C2CCNC2)N1C1CCC1. The third-order valence-electron chi connectivity index (χ3n) is 3.96. The molecule has 2 heterocycles. The molecule has 1 amide bonds. The summed E-state index contributed by atoms with van der Waals surface area (Å²) >= 11 is 0. The molecule has 4 nitrogen and oxygen atoms in total. The summed E-state index contributed by atoms with van der Waals surface area (Å²) in [5, 5.41) is 7.80. The highest BCUT2D eigenvalue weighted by atomic mass is 16.2. The van der Waals surface area contributed by atoms with Crippen LogP contribution in [0.15, 0.2) is 0 Å². The van der Waals surface area contributed by atoms with E-state index in [0.717, 1.165) is 26.1 Å². The molecule has 1 atom stereocenters. The van der Waals surface area contributed by atoms with Crippen molar-refractivity contribution in [1.29, 1.82) is 0 Å². The van der Waals surface area contributed by atoms with Crippen LogP contribution in [0.2, 0.25) is 0 Å². The highest BCUT2D eigenvalue weighted by Crippen LogP contribution is 2.31. The Morgan fingerprint density at radius 3 is 2.67 bits per heavy atom. The van der Waals surface area contributed by atoms with Crippen molar-refractivity contribution < 1.29 is 4.79 Å². The summed E-state index contributed by atoms with van der Waals surface area (Å²) in [6.07, 6.45) is 5.64. The molecule has 3 fully saturated rings. The normalized spacial score (nSPS) is 33.7. The number of rotatable bonds is 2. The predicted molar refractivity (Wildman–Crippen MR) is 57.1 cm³/mol. The van der Waals surface area contributed by atoms with Crippen LogP contribution in [0, 0.1) is 0 Å². The third kappa shape index (κ3) is 1.56. The maximum Gasteiger partial charge on any atom is 0.238 e. The first kappa shape index (κ1) is 9.60. The van der Waals surface area contributed by atoms with Gasteiger partial charge in [0.15, 0.2) is 0 Å². The van der Waals surface area contributed by atoms with Gasteiger partial charge >= 0.3 is 0 Å². The molecule has 84 valence electrons. The molecular formula is C11H19N3O. The monoisotopic (exact) mass is 209 g/mol. The average Bonchev–Trinajstić information content (AvgIpc) is 2.74. The van der Waals surface area contributed by atoms with E-state index in [4.69, 9.17) is 0 Å². The molecule has 0 aromatic rings. The van der Waals surface area contributed by atoms with Gasteiger partial charge in [-0.25, -0.2) is 5.01 Å². The molecule has 2 saturated heterocycles. The lowest BCUT2D eigenvalue weighted by Gasteiger charge is -2.42. The first-order chi connectivity index (χ1) is 7.36. The molecule has 0 spiro atoms. The summed E-state index contributed by atoms with van der Waals surface area (Å²) in [6.45, 7) is 3.10. The van der Waals surface area contributed by atoms with Crippen molar-refractivity contribution in [3.05, 3.63) is 0 Å². The Bertz CT molecular complexity index is 259. The van der Waals surface area contributed by atoms with Gasteiger partial charge in [0.2, 0.25) is 5.91 Å². The number of carbonyl (C=O) groups is 1. The summed E-state index contributed by atoms with van der Waals surface area (Å²) < 4.78 is 0. The molecule has 0 aromatic carbocycles. The number of carbonyl (C=O) groups excluding carboxylic acids is 1. The van der Waals surface area contributed by atoms with E-state index < -0.39 is 0 Å². The van der Waals surface area contributed by atoms with Gasteiger partial charge in [0.25, 0.3) is 0 Å². The Hall–Kier alpha value is -0.610. The molecule has 2 aliphatic heterocycles. The van der Waals surface area contributed by atoms with E-state index in [2.05, 4.69) is 15.3 Å². The molecule has 0 aromatic heterocycles. The van der Waals surface area contributed by atoms with Crippen molar-refractivity contribution in [2.24, 2.45) is 0 Å². The van der Waals surface area contributed by atoms with Crippen LogP contribution >= 0.6 is 0 Å². The fourth-order valence-corrected chi connectivity index (χ4v) is 2.87. The molecule has 1 N–H and O–H groups in total. The molecule has 3 rings (SSSR count). The van der Waals surface area contributed by atoms with Gasteiger partial charge in [-0.3, -0.25) is 9.80 Å². The van der Waals surface area contributed by atoms with E-state index in [1.165, 1.54) is 25.7 Å². The maximum absolute atomic E-state index is 11.8. The Morgan fingerprint density at radius 1 is 1.20 bits per heavy atom. The number of amides is 1. The van der Waals surface area contributed by atoms with Gasteiger partial charge in [-0.2, -0.15) is 0 Å². The van der Waals surface area contributed by atoms with E-state index in [9.17, 15) is 4.79 Å². The summed E-state index contributed by atoms with van der Waals surface area (Å²) in [5.74, 6) is 0.353. The molecule has 0 radical (unpaired) electrons. The van der Waals surface area contributed by atoms with E-state index >= 15 is 0 Å². The standard InChI is InChI=1S/C11H19N3O/c15-11-5-7-13(10-4-6-12-8-10)14(11)9-2-1-3-9/h9-10,12H,1-8H2. The third-order valence-corrected chi connectivity index (χ3v) is 3.96. The van der Waals surface area contributed by atoms with Gasteiger partial charge in [-0.1, -0.05) is 0 Å². The number of hydrogen-bond donors (Lipinski definition) is 1. The Labute approximate surface area is 90.6 Å². The number of nitrogens with one attached hydrogen (secondary N) is 1. The minimum atomic E-state index is 0.353. The summed E-state index contributed by atoms with van der Waals surface area (Å²) in [6, 6.07) is 1.10. The van der Waals surface area contributed by atoms with Crippen LogP contribution in [0.4, 0.5) is 0 Å². The van der Waals surface area contributed by atoms with Gasteiger partial charge in [0, 0.05) is 31.6 Å². The van der Waals surface area contributed by atoms with Crippen molar-refractivity contribution in [3.8, 4) is 0 Å². The van der Waals surface area contributed by atoms with Gasteiger partial charge in [0.05, 0.1) is 0 Å². The second kappa shape index (κ2) is 3.76. The topological polar surface area (TPSA) is 35.6 Å².